The SMILES string of the molecule is COC1=C(c2cc(N(C(=O)c3ccccc3)C(=O)c3ccccc3)ncn2)C=CCC1. The molecule has 1 heterocycles. The van der Waals surface area contributed by atoms with Crippen LogP contribution < -0.4 is 4.90 Å². The average molecular weight is 411 g/mol. The standard InChI is InChI=1S/C25H21N3O3/c1-31-22-15-9-8-14-20(22)21-16-23(27-17-26-21)28(24(29)18-10-4-2-5-11-18)25(30)19-12-6-3-7-13-19/h2-8,10-14,16-17H,9,15H2,1H3. The molecule has 6 heteroatoms. The molecule has 3 aromatic rings. The number of methoxy groups -OCH3 is 1. The van der Waals surface area contributed by atoms with Crippen LogP contribution in [0.4, 0.5) is 5.82 Å². The lowest BCUT2D eigenvalue weighted by molar-refractivity contribution is 0.0896. The van der Waals surface area contributed by atoms with Gasteiger partial charge in [0.1, 0.15) is 17.9 Å². The average Bonchev–Trinajstić information content (AvgIpc) is 2.85. The Morgan fingerprint density at radius 1 is 0.903 bits per heavy atom. The van der Waals surface area contributed by atoms with Gasteiger partial charge < -0.3 is 4.74 Å². The first-order valence-electron chi connectivity index (χ1n) is 9.94. The smallest absolute Gasteiger partial charge is 0.266 e. The van der Waals surface area contributed by atoms with Crippen LogP contribution in [0.3, 0.4) is 0 Å². The molecule has 0 radical (unpaired) electrons. The fraction of sp³-hybridized carbons (Fsp3) is 0.120. The minimum absolute atomic E-state index is 0.203. The zero-order chi connectivity index (χ0) is 21.6. The molecule has 0 atom stereocenters. The number of benzene rings is 2. The van der Waals surface area contributed by atoms with Crippen LogP contribution in [0.15, 0.2) is 91.0 Å². The van der Waals surface area contributed by atoms with Gasteiger partial charge in [-0.1, -0.05) is 48.6 Å². The lowest BCUT2D eigenvalue weighted by Crippen LogP contribution is -2.37. The van der Waals surface area contributed by atoms with E-state index in [-0.39, 0.29) is 5.82 Å². The number of ether oxygens (including phenoxy) is 1. The first-order chi connectivity index (χ1) is 15.2. The van der Waals surface area contributed by atoms with Gasteiger partial charge in [0, 0.05) is 29.2 Å². The molecule has 0 spiro atoms. The summed E-state index contributed by atoms with van der Waals surface area (Å²) in [5.41, 5.74) is 2.18. The molecule has 1 aliphatic carbocycles. The van der Waals surface area contributed by atoms with Gasteiger partial charge >= 0.3 is 0 Å². The summed E-state index contributed by atoms with van der Waals surface area (Å²) in [4.78, 5) is 36.4. The van der Waals surface area contributed by atoms with Crippen LogP contribution >= 0.6 is 0 Å². The monoisotopic (exact) mass is 411 g/mol. The van der Waals surface area contributed by atoms with Gasteiger partial charge in [0.15, 0.2) is 0 Å². The van der Waals surface area contributed by atoms with Gasteiger partial charge in [0.05, 0.1) is 12.8 Å². The molecule has 0 unspecified atom stereocenters. The van der Waals surface area contributed by atoms with Crippen molar-refractivity contribution < 1.29 is 14.3 Å². The highest BCUT2D eigenvalue weighted by atomic mass is 16.5. The van der Waals surface area contributed by atoms with E-state index in [0.29, 0.717) is 16.8 Å². The van der Waals surface area contributed by atoms with Crippen molar-refractivity contribution in [2.45, 2.75) is 12.8 Å². The Kier molecular flexibility index (Phi) is 5.98. The number of allylic oxidation sites excluding steroid dienone is 4. The summed E-state index contributed by atoms with van der Waals surface area (Å²) < 4.78 is 5.51. The van der Waals surface area contributed by atoms with E-state index in [4.69, 9.17) is 4.74 Å². The third-order valence-corrected chi connectivity index (χ3v) is 4.97. The van der Waals surface area contributed by atoms with E-state index in [0.717, 1.165) is 29.1 Å². The Morgan fingerprint density at radius 2 is 1.52 bits per heavy atom. The molecular formula is C25H21N3O3. The topological polar surface area (TPSA) is 72.4 Å². The summed E-state index contributed by atoms with van der Waals surface area (Å²) in [6.45, 7) is 0. The second kappa shape index (κ2) is 9.17. The summed E-state index contributed by atoms with van der Waals surface area (Å²) in [5, 5.41) is 0. The van der Waals surface area contributed by atoms with Crippen LogP contribution in [-0.2, 0) is 4.74 Å². The largest absolute Gasteiger partial charge is 0.500 e. The van der Waals surface area contributed by atoms with E-state index >= 15 is 0 Å². The van der Waals surface area contributed by atoms with E-state index in [1.807, 2.05) is 24.3 Å². The molecule has 1 aromatic heterocycles. The Labute approximate surface area is 180 Å². The molecular weight excluding hydrogens is 390 g/mol. The Bertz CT molecular complexity index is 1100. The zero-order valence-electron chi connectivity index (χ0n) is 17.1. The van der Waals surface area contributed by atoms with Crippen LogP contribution in [0.25, 0.3) is 5.57 Å². The maximum Gasteiger partial charge on any atom is 0.266 e. The van der Waals surface area contributed by atoms with Gasteiger partial charge in [-0.2, -0.15) is 0 Å². The van der Waals surface area contributed by atoms with Crippen LogP contribution in [-0.4, -0.2) is 28.9 Å². The third-order valence-electron chi connectivity index (χ3n) is 4.97. The van der Waals surface area contributed by atoms with Crippen LogP contribution in [0.1, 0.15) is 39.3 Å². The minimum Gasteiger partial charge on any atom is -0.500 e. The fourth-order valence-corrected chi connectivity index (χ4v) is 3.42. The van der Waals surface area contributed by atoms with Crippen molar-refractivity contribution in [2.24, 2.45) is 0 Å². The molecule has 1 aliphatic rings. The van der Waals surface area contributed by atoms with E-state index in [9.17, 15) is 9.59 Å². The molecule has 0 fully saturated rings. The predicted octanol–water partition coefficient (Wildman–Crippen LogP) is 4.67. The first kappa shape index (κ1) is 20.2. The number of anilines is 1. The summed E-state index contributed by atoms with van der Waals surface area (Å²) in [5.74, 6) is 0.0931. The van der Waals surface area contributed by atoms with Crippen LogP contribution in [0.5, 0.6) is 0 Å². The van der Waals surface area contributed by atoms with Crippen molar-refractivity contribution in [1.29, 1.82) is 0 Å². The summed E-state index contributed by atoms with van der Waals surface area (Å²) >= 11 is 0. The molecule has 0 saturated heterocycles. The Morgan fingerprint density at radius 3 is 2.10 bits per heavy atom. The van der Waals surface area contributed by atoms with Crippen molar-refractivity contribution in [3.8, 4) is 0 Å². The van der Waals surface area contributed by atoms with Crippen molar-refractivity contribution >= 4 is 23.2 Å². The Hall–Kier alpha value is -4.06. The highest BCUT2D eigenvalue weighted by Crippen LogP contribution is 2.29. The van der Waals surface area contributed by atoms with E-state index in [2.05, 4.69) is 9.97 Å². The number of nitrogens with zero attached hydrogens (tertiary/aromatic N) is 3. The molecule has 4 rings (SSSR count). The van der Waals surface area contributed by atoms with Gasteiger partial charge in [-0.05, 0) is 30.7 Å². The van der Waals surface area contributed by atoms with E-state index in [1.165, 1.54) is 6.33 Å². The quantitative estimate of drug-likeness (QED) is 0.571. The van der Waals surface area contributed by atoms with Crippen molar-refractivity contribution in [3.63, 3.8) is 0 Å². The molecule has 0 aliphatic heterocycles. The highest BCUT2D eigenvalue weighted by Gasteiger charge is 2.28. The molecule has 2 aromatic carbocycles. The van der Waals surface area contributed by atoms with Crippen LogP contribution in [0.2, 0.25) is 0 Å². The molecule has 2 amide bonds. The molecule has 0 bridgehead atoms. The lowest BCUT2D eigenvalue weighted by Gasteiger charge is -2.21. The van der Waals surface area contributed by atoms with Crippen molar-refractivity contribution in [1.82, 2.24) is 9.97 Å². The third kappa shape index (κ3) is 4.28. The lowest BCUT2D eigenvalue weighted by atomic mass is 10.0. The second-order valence-electron chi connectivity index (χ2n) is 6.92. The number of rotatable bonds is 5. The predicted molar refractivity (Wildman–Crippen MR) is 118 cm³/mol. The van der Waals surface area contributed by atoms with Gasteiger partial charge in [0.25, 0.3) is 11.8 Å². The van der Waals surface area contributed by atoms with Gasteiger partial charge in [-0.15, -0.1) is 0 Å². The molecule has 6 nitrogen and oxygen atoms in total. The number of carbonyl (C=O) groups excluding carboxylic acids is 2. The summed E-state index contributed by atoms with van der Waals surface area (Å²) in [6, 6.07) is 19.0. The molecule has 0 saturated carbocycles. The number of aromatic nitrogens is 2. The van der Waals surface area contributed by atoms with Gasteiger partial charge in [-0.3, -0.25) is 9.59 Å². The maximum atomic E-state index is 13.4. The second-order valence-corrected chi connectivity index (χ2v) is 6.92. The molecule has 0 N–H and O–H groups in total. The number of amides is 2. The normalized spacial score (nSPS) is 13.1. The van der Waals surface area contributed by atoms with E-state index < -0.39 is 11.8 Å². The maximum absolute atomic E-state index is 13.4. The number of hydrogen-bond donors (Lipinski definition) is 0. The molecule has 154 valence electrons. The van der Waals surface area contributed by atoms with Gasteiger partial charge in [-0.25, -0.2) is 14.9 Å². The van der Waals surface area contributed by atoms with Crippen LogP contribution in [0, 0.1) is 0 Å². The number of imide groups is 1. The fourth-order valence-electron chi connectivity index (χ4n) is 3.42. The first-order valence-corrected chi connectivity index (χ1v) is 9.94. The van der Waals surface area contributed by atoms with Gasteiger partial charge in [0.2, 0.25) is 0 Å². The Balaban J connectivity index is 1.81. The number of carbonyl (C=O) groups is 2. The summed E-state index contributed by atoms with van der Waals surface area (Å²) in [7, 11) is 1.63. The summed E-state index contributed by atoms with van der Waals surface area (Å²) in [6.07, 6.45) is 6.99. The minimum atomic E-state index is -0.459. The van der Waals surface area contributed by atoms with Crippen molar-refractivity contribution in [2.75, 3.05) is 12.0 Å². The zero-order valence-corrected chi connectivity index (χ0v) is 17.1. The molecule has 31 heavy (non-hydrogen) atoms. The highest BCUT2D eigenvalue weighted by molar-refractivity contribution is 6.25. The van der Waals surface area contributed by atoms with E-state index in [1.54, 1.807) is 61.7 Å². The van der Waals surface area contributed by atoms with Crippen molar-refractivity contribution in [3.05, 3.63) is 108 Å². The number of hydrogen-bond acceptors (Lipinski definition) is 5.